The average molecular weight is 175 g/mol. The van der Waals surface area contributed by atoms with Crippen molar-refractivity contribution in [3.63, 3.8) is 0 Å². The van der Waals surface area contributed by atoms with Crippen LogP contribution in [0.4, 0.5) is 0 Å². The molecular weight excluding hydrogens is 164 g/mol. The highest BCUT2D eigenvalue weighted by Gasteiger charge is 2.36. The lowest BCUT2D eigenvalue weighted by Crippen LogP contribution is -2.41. The van der Waals surface area contributed by atoms with Crippen LogP contribution in [0.5, 0.6) is 0 Å². The van der Waals surface area contributed by atoms with Gasteiger partial charge in [0.05, 0.1) is 17.5 Å². The van der Waals surface area contributed by atoms with Gasteiger partial charge in [-0.2, -0.15) is 11.0 Å². The van der Waals surface area contributed by atoms with Crippen molar-refractivity contribution in [1.29, 1.82) is 0 Å². The van der Waals surface area contributed by atoms with Crippen LogP contribution in [0.2, 0.25) is 0 Å². The van der Waals surface area contributed by atoms with Crippen LogP contribution in [-0.4, -0.2) is 17.5 Å². The molecule has 0 aromatic carbocycles. The van der Waals surface area contributed by atoms with Gasteiger partial charge < -0.3 is 0 Å². The van der Waals surface area contributed by atoms with Gasteiger partial charge in [-0.3, -0.25) is 0 Å². The first-order valence-electron chi connectivity index (χ1n) is 3.78. The van der Waals surface area contributed by atoms with E-state index in [-0.39, 0.29) is 11.4 Å². The monoisotopic (exact) mass is 174 g/mol. The van der Waals surface area contributed by atoms with Gasteiger partial charge in [-0.25, -0.2) is 4.94 Å². The van der Waals surface area contributed by atoms with Crippen molar-refractivity contribution in [3.8, 4) is 0 Å². The van der Waals surface area contributed by atoms with Gasteiger partial charge in [0.1, 0.15) is 0 Å². The van der Waals surface area contributed by atoms with E-state index < -0.39 is 0 Å². The minimum absolute atomic E-state index is 0.104. The summed E-state index contributed by atoms with van der Waals surface area (Å²) in [5, 5.41) is 0.104. The van der Waals surface area contributed by atoms with Gasteiger partial charge in [-0.1, -0.05) is 6.58 Å². The maximum absolute atomic E-state index is 6.01. The molecule has 1 aliphatic heterocycles. The minimum atomic E-state index is 0.104. The highest BCUT2D eigenvalue weighted by Crippen LogP contribution is 2.29. The van der Waals surface area contributed by atoms with Crippen molar-refractivity contribution in [2.45, 2.75) is 30.3 Å². The Morgan fingerprint density at radius 1 is 1.45 bits per heavy atom. The minimum Gasteiger partial charge on any atom is -0.213 e. The Balaban J connectivity index is 2.12. The first kappa shape index (κ1) is 7.55. The predicted octanol–water partition coefficient (Wildman–Crippen LogP) is 0.720. The van der Waals surface area contributed by atoms with E-state index in [0.717, 1.165) is 18.4 Å². The van der Waals surface area contributed by atoms with Gasteiger partial charge in [0.2, 0.25) is 0 Å². The number of alkyl halides is 1. The molecule has 2 fully saturated rings. The molecule has 3 atom stereocenters. The molecule has 0 radical (unpaired) electrons. The first-order chi connectivity index (χ1) is 5.29. The number of hydrogen-bond acceptors (Lipinski definition) is 3. The van der Waals surface area contributed by atoms with E-state index in [0.29, 0.717) is 6.04 Å². The molecule has 3 unspecified atom stereocenters. The van der Waals surface area contributed by atoms with Crippen molar-refractivity contribution in [2.75, 3.05) is 0 Å². The maximum atomic E-state index is 6.01. The molecule has 0 aromatic rings. The average Bonchev–Trinajstić information content (AvgIpc) is 2.45. The van der Waals surface area contributed by atoms with Crippen LogP contribution in [0.3, 0.4) is 0 Å². The van der Waals surface area contributed by atoms with Crippen LogP contribution in [0.15, 0.2) is 12.2 Å². The van der Waals surface area contributed by atoms with E-state index >= 15 is 0 Å². The number of fused-ring (bicyclic) bond motifs is 1. The number of hydrogen-bond donors (Lipinski definition) is 2. The summed E-state index contributed by atoms with van der Waals surface area (Å²) < 4.78 is 0. The molecule has 0 spiro atoms. The molecule has 4 heteroatoms. The molecule has 0 aromatic heterocycles. The summed E-state index contributed by atoms with van der Waals surface area (Å²) >= 11 is 6.01. The summed E-state index contributed by atoms with van der Waals surface area (Å²) in [7, 11) is 0. The van der Waals surface area contributed by atoms with E-state index in [2.05, 4.69) is 17.5 Å². The Morgan fingerprint density at radius 2 is 2.27 bits per heavy atom. The molecule has 1 heterocycles. The van der Waals surface area contributed by atoms with Crippen LogP contribution < -0.4 is 11.0 Å². The Kier molecular flexibility index (Phi) is 1.89. The first-order valence-corrected chi connectivity index (χ1v) is 4.22. The van der Waals surface area contributed by atoms with Crippen LogP contribution in [-0.2, 0) is 4.94 Å². The van der Waals surface area contributed by atoms with E-state index in [9.17, 15) is 0 Å². The summed E-state index contributed by atoms with van der Waals surface area (Å²) in [6.45, 7) is 3.92. The molecule has 2 rings (SSSR count). The number of rotatable bonds is 0. The summed E-state index contributed by atoms with van der Waals surface area (Å²) in [6.07, 6.45) is 2.03. The highest BCUT2D eigenvalue weighted by atomic mass is 35.5. The largest absolute Gasteiger partial charge is 0.213 e. The zero-order valence-corrected chi connectivity index (χ0v) is 6.90. The molecule has 0 bridgehead atoms. The second-order valence-corrected chi connectivity index (χ2v) is 3.57. The van der Waals surface area contributed by atoms with Gasteiger partial charge in [-0.15, -0.1) is 11.6 Å². The second kappa shape index (κ2) is 2.75. The number of hydroxylamine groups is 2. The van der Waals surface area contributed by atoms with E-state index in [1.54, 1.807) is 0 Å². The molecule has 2 N–H and O–H groups in total. The van der Waals surface area contributed by atoms with Gasteiger partial charge >= 0.3 is 0 Å². The smallest absolute Gasteiger partial charge is 0.0738 e. The van der Waals surface area contributed by atoms with Crippen LogP contribution in [0.1, 0.15) is 12.8 Å². The molecule has 3 nitrogen and oxygen atoms in total. The van der Waals surface area contributed by atoms with Crippen molar-refractivity contribution in [3.05, 3.63) is 12.2 Å². The van der Waals surface area contributed by atoms with Crippen molar-refractivity contribution >= 4 is 11.6 Å². The number of nitrogens with one attached hydrogen (secondary N) is 2. The third-order valence-electron chi connectivity index (χ3n) is 2.33. The summed E-state index contributed by atoms with van der Waals surface area (Å²) in [5.74, 6) is 0. The summed E-state index contributed by atoms with van der Waals surface area (Å²) in [4.78, 5) is 4.89. The topological polar surface area (TPSA) is 33.3 Å². The molecular formula is C7H11ClN2O. The van der Waals surface area contributed by atoms with E-state index in [1.165, 1.54) is 0 Å². The van der Waals surface area contributed by atoms with Crippen LogP contribution in [0, 0.1) is 0 Å². The SMILES string of the molecule is C=C1C(Cl)CCC2NONC12. The fourth-order valence-electron chi connectivity index (χ4n) is 1.59. The van der Waals surface area contributed by atoms with E-state index in [4.69, 9.17) is 16.5 Å². The standard InChI is InChI=1S/C7H11ClN2O/c1-4-5(8)2-3-6-7(4)10-11-9-6/h5-7,9-10H,1-3H2. The van der Waals surface area contributed by atoms with Crippen LogP contribution >= 0.6 is 11.6 Å². The van der Waals surface area contributed by atoms with Gasteiger partial charge in [0.15, 0.2) is 0 Å². The summed E-state index contributed by atoms with van der Waals surface area (Å²) in [5.41, 5.74) is 6.76. The fourth-order valence-corrected chi connectivity index (χ4v) is 1.85. The zero-order valence-electron chi connectivity index (χ0n) is 6.14. The molecule has 2 aliphatic rings. The van der Waals surface area contributed by atoms with Gasteiger partial charge in [-0.05, 0) is 18.4 Å². The third-order valence-corrected chi connectivity index (χ3v) is 2.83. The third kappa shape index (κ3) is 1.18. The lowest BCUT2D eigenvalue weighted by Gasteiger charge is -2.28. The molecule has 1 saturated heterocycles. The van der Waals surface area contributed by atoms with Crippen LogP contribution in [0.25, 0.3) is 0 Å². The zero-order chi connectivity index (χ0) is 7.84. The molecule has 0 amide bonds. The number of halogens is 1. The van der Waals surface area contributed by atoms with E-state index in [1.807, 2.05) is 0 Å². The van der Waals surface area contributed by atoms with Crippen molar-refractivity contribution < 1.29 is 4.94 Å². The molecule has 11 heavy (non-hydrogen) atoms. The lowest BCUT2D eigenvalue weighted by atomic mass is 9.87. The molecule has 1 saturated carbocycles. The van der Waals surface area contributed by atoms with Crippen molar-refractivity contribution in [1.82, 2.24) is 11.0 Å². The normalized spacial score (nSPS) is 44.1. The lowest BCUT2D eigenvalue weighted by molar-refractivity contribution is 0.0111. The quantitative estimate of drug-likeness (QED) is 0.420. The Morgan fingerprint density at radius 3 is 3.09 bits per heavy atom. The molecule has 1 aliphatic carbocycles. The summed E-state index contributed by atoms with van der Waals surface area (Å²) in [6, 6.07) is 0.559. The van der Waals surface area contributed by atoms with Gasteiger partial charge in [0.25, 0.3) is 0 Å². The Labute approximate surface area is 70.7 Å². The highest BCUT2D eigenvalue weighted by molar-refractivity contribution is 6.22. The van der Waals surface area contributed by atoms with Gasteiger partial charge in [0, 0.05) is 0 Å². The predicted molar refractivity (Wildman–Crippen MR) is 42.9 cm³/mol. The Bertz CT molecular complexity index is 185. The van der Waals surface area contributed by atoms with Crippen molar-refractivity contribution in [2.24, 2.45) is 0 Å². The molecule has 62 valence electrons. The Hall–Kier alpha value is -0.0900. The fraction of sp³-hybridized carbons (Fsp3) is 0.714. The maximum Gasteiger partial charge on any atom is 0.0738 e. The second-order valence-electron chi connectivity index (χ2n) is 3.04.